The summed E-state index contributed by atoms with van der Waals surface area (Å²) >= 11 is 0. The maximum absolute atomic E-state index is 10.5. The molecule has 0 spiro atoms. The molecule has 0 bridgehead atoms. The van der Waals surface area contributed by atoms with Gasteiger partial charge in [-0.05, 0) is 11.5 Å². The van der Waals surface area contributed by atoms with Crippen molar-refractivity contribution in [2.24, 2.45) is 0 Å². The van der Waals surface area contributed by atoms with E-state index >= 15 is 0 Å². The summed E-state index contributed by atoms with van der Waals surface area (Å²) in [5.41, 5.74) is 1.95. The maximum Gasteiger partial charge on any atom is 0.305 e. The molecule has 0 fully saturated rings. The molecule has 2 rings (SSSR count). The summed E-state index contributed by atoms with van der Waals surface area (Å²) in [6, 6.07) is 7.82. The number of nitro groups is 1. The highest BCUT2D eigenvalue weighted by atomic mass is 16.6. The van der Waals surface area contributed by atoms with Crippen molar-refractivity contribution in [2.75, 3.05) is 0 Å². The van der Waals surface area contributed by atoms with Crippen molar-refractivity contribution >= 4 is 5.69 Å². The van der Waals surface area contributed by atoms with Gasteiger partial charge in [0.15, 0.2) is 5.82 Å². The first-order valence-electron chi connectivity index (χ1n) is 5.65. The third kappa shape index (κ3) is 2.34. The second-order valence-corrected chi connectivity index (χ2v) is 4.26. The van der Waals surface area contributed by atoms with E-state index in [2.05, 4.69) is 23.8 Å². The van der Waals surface area contributed by atoms with Crippen LogP contribution in [-0.4, -0.2) is 14.9 Å². The van der Waals surface area contributed by atoms with Crippen LogP contribution < -0.4 is 0 Å². The molecule has 1 heterocycles. The van der Waals surface area contributed by atoms with E-state index in [9.17, 15) is 10.1 Å². The molecule has 2 aromatic rings. The zero-order chi connectivity index (χ0) is 13.1. The fourth-order valence-electron chi connectivity index (χ4n) is 1.76. The van der Waals surface area contributed by atoms with Crippen LogP contribution in [0.3, 0.4) is 0 Å². The molecule has 18 heavy (non-hydrogen) atoms. The van der Waals surface area contributed by atoms with Gasteiger partial charge in [-0.15, -0.1) is 0 Å². The predicted molar refractivity (Wildman–Crippen MR) is 68.2 cm³/mol. The second-order valence-electron chi connectivity index (χ2n) is 4.26. The van der Waals surface area contributed by atoms with Gasteiger partial charge in [-0.1, -0.05) is 38.1 Å². The number of aromatic nitrogens is 2. The predicted octanol–water partition coefficient (Wildman–Crippen LogP) is 3.18. The van der Waals surface area contributed by atoms with E-state index in [1.165, 1.54) is 12.4 Å². The van der Waals surface area contributed by atoms with Gasteiger partial charge in [0.2, 0.25) is 0 Å². The van der Waals surface area contributed by atoms with Gasteiger partial charge in [0.05, 0.1) is 4.92 Å². The van der Waals surface area contributed by atoms with Crippen LogP contribution in [0.5, 0.6) is 0 Å². The van der Waals surface area contributed by atoms with E-state index in [-0.39, 0.29) is 5.69 Å². The third-order valence-electron chi connectivity index (χ3n) is 2.67. The summed E-state index contributed by atoms with van der Waals surface area (Å²) in [4.78, 5) is 18.2. The molecule has 1 aromatic heterocycles. The van der Waals surface area contributed by atoms with Crippen LogP contribution in [0.1, 0.15) is 25.3 Å². The number of rotatable bonds is 3. The second kappa shape index (κ2) is 4.91. The lowest BCUT2D eigenvalue weighted by Gasteiger charge is -2.10. The van der Waals surface area contributed by atoms with Gasteiger partial charge in [-0.25, -0.2) is 9.97 Å². The van der Waals surface area contributed by atoms with E-state index < -0.39 is 4.92 Å². The number of benzene rings is 1. The van der Waals surface area contributed by atoms with Gasteiger partial charge in [-0.2, -0.15) is 0 Å². The summed E-state index contributed by atoms with van der Waals surface area (Å²) in [5, 5.41) is 10.5. The van der Waals surface area contributed by atoms with Crippen molar-refractivity contribution < 1.29 is 4.92 Å². The molecule has 0 amide bonds. The molecule has 92 valence electrons. The van der Waals surface area contributed by atoms with Crippen LogP contribution >= 0.6 is 0 Å². The average Bonchev–Trinajstić information content (AvgIpc) is 2.39. The van der Waals surface area contributed by atoms with E-state index in [0.717, 1.165) is 11.1 Å². The molecule has 5 heteroatoms. The standard InChI is InChI=1S/C13H13N3O2/c1-9(2)11-5-3-4-6-12(11)13-14-7-10(8-15-13)16(17)18/h3-9H,1-2H3. The molecular weight excluding hydrogens is 230 g/mol. The quantitative estimate of drug-likeness (QED) is 0.613. The van der Waals surface area contributed by atoms with Gasteiger partial charge < -0.3 is 0 Å². The Morgan fingerprint density at radius 1 is 1.17 bits per heavy atom. The number of hydrogen-bond donors (Lipinski definition) is 0. The Bertz CT molecular complexity index is 565. The molecule has 0 unspecified atom stereocenters. The lowest BCUT2D eigenvalue weighted by atomic mass is 9.97. The first-order valence-corrected chi connectivity index (χ1v) is 5.65. The molecule has 0 atom stereocenters. The molecule has 1 aromatic carbocycles. The van der Waals surface area contributed by atoms with Crippen LogP contribution in [0.25, 0.3) is 11.4 Å². The summed E-state index contributed by atoms with van der Waals surface area (Å²) in [5.74, 6) is 0.866. The van der Waals surface area contributed by atoms with Crippen molar-refractivity contribution in [2.45, 2.75) is 19.8 Å². The first-order chi connectivity index (χ1) is 8.59. The zero-order valence-electron chi connectivity index (χ0n) is 10.2. The molecule has 0 aliphatic heterocycles. The minimum atomic E-state index is -0.502. The minimum absolute atomic E-state index is 0.0965. The van der Waals surface area contributed by atoms with E-state index in [4.69, 9.17) is 0 Å². The molecule has 5 nitrogen and oxygen atoms in total. The van der Waals surface area contributed by atoms with Crippen molar-refractivity contribution in [1.29, 1.82) is 0 Å². The first kappa shape index (κ1) is 12.2. The van der Waals surface area contributed by atoms with Crippen LogP contribution in [0.4, 0.5) is 5.69 Å². The maximum atomic E-state index is 10.5. The fourth-order valence-corrected chi connectivity index (χ4v) is 1.76. The van der Waals surface area contributed by atoms with Gasteiger partial charge in [0.1, 0.15) is 12.4 Å². The number of nitrogens with zero attached hydrogens (tertiary/aromatic N) is 3. The Labute approximate surface area is 105 Å². The Morgan fingerprint density at radius 3 is 2.33 bits per heavy atom. The van der Waals surface area contributed by atoms with Gasteiger partial charge >= 0.3 is 5.69 Å². The van der Waals surface area contributed by atoms with Gasteiger partial charge in [0, 0.05) is 5.56 Å². The van der Waals surface area contributed by atoms with Crippen molar-refractivity contribution in [3.8, 4) is 11.4 Å². The van der Waals surface area contributed by atoms with Gasteiger partial charge in [-0.3, -0.25) is 10.1 Å². The van der Waals surface area contributed by atoms with Gasteiger partial charge in [0.25, 0.3) is 0 Å². The molecule has 0 N–H and O–H groups in total. The lowest BCUT2D eigenvalue weighted by Crippen LogP contribution is -1.97. The van der Waals surface area contributed by atoms with Crippen molar-refractivity contribution in [1.82, 2.24) is 9.97 Å². The molecule has 0 saturated carbocycles. The fraction of sp³-hybridized carbons (Fsp3) is 0.231. The van der Waals surface area contributed by atoms with Crippen LogP contribution in [0.15, 0.2) is 36.7 Å². The third-order valence-corrected chi connectivity index (χ3v) is 2.67. The molecule has 0 saturated heterocycles. The summed E-state index contributed by atoms with van der Waals surface area (Å²) in [6.45, 7) is 4.18. The van der Waals surface area contributed by atoms with Crippen molar-refractivity contribution in [3.63, 3.8) is 0 Å². The highest BCUT2D eigenvalue weighted by Crippen LogP contribution is 2.26. The molecule has 0 aliphatic rings. The SMILES string of the molecule is CC(C)c1ccccc1-c1ncc([N+](=O)[O-])cn1. The zero-order valence-corrected chi connectivity index (χ0v) is 10.2. The molecule has 0 aliphatic carbocycles. The minimum Gasteiger partial charge on any atom is -0.258 e. The van der Waals surface area contributed by atoms with E-state index in [1.54, 1.807) is 0 Å². The van der Waals surface area contributed by atoms with Crippen LogP contribution in [0.2, 0.25) is 0 Å². The van der Waals surface area contributed by atoms with Crippen LogP contribution in [0, 0.1) is 10.1 Å². The normalized spacial score (nSPS) is 10.6. The average molecular weight is 243 g/mol. The topological polar surface area (TPSA) is 68.9 Å². The lowest BCUT2D eigenvalue weighted by molar-refractivity contribution is -0.385. The Hall–Kier alpha value is -2.30. The Balaban J connectivity index is 2.46. The largest absolute Gasteiger partial charge is 0.305 e. The Morgan fingerprint density at radius 2 is 1.78 bits per heavy atom. The Kier molecular flexibility index (Phi) is 3.32. The van der Waals surface area contributed by atoms with E-state index in [1.807, 2.05) is 24.3 Å². The van der Waals surface area contributed by atoms with E-state index in [0.29, 0.717) is 11.7 Å². The van der Waals surface area contributed by atoms with Crippen molar-refractivity contribution in [3.05, 3.63) is 52.3 Å². The highest BCUT2D eigenvalue weighted by molar-refractivity contribution is 5.61. The number of hydrogen-bond acceptors (Lipinski definition) is 4. The smallest absolute Gasteiger partial charge is 0.258 e. The molecule has 0 radical (unpaired) electrons. The summed E-state index contributed by atoms with van der Waals surface area (Å²) < 4.78 is 0. The monoisotopic (exact) mass is 243 g/mol. The van der Waals surface area contributed by atoms with Crippen LogP contribution in [-0.2, 0) is 0 Å². The highest BCUT2D eigenvalue weighted by Gasteiger charge is 2.12. The molecular formula is C13H13N3O2. The summed E-state index contributed by atoms with van der Waals surface area (Å²) in [6.07, 6.45) is 2.47. The summed E-state index contributed by atoms with van der Waals surface area (Å²) in [7, 11) is 0.